The summed E-state index contributed by atoms with van der Waals surface area (Å²) in [5.74, 6) is -0.784. The molecule has 1 atom stereocenters. The van der Waals surface area contributed by atoms with E-state index >= 15 is 0 Å². The topological polar surface area (TPSA) is 129 Å². The zero-order valence-electron chi connectivity index (χ0n) is 14.1. The largest absolute Gasteiger partial charge is 0.480 e. The van der Waals surface area contributed by atoms with E-state index in [0.717, 1.165) is 15.6 Å². The minimum Gasteiger partial charge on any atom is -0.480 e. The van der Waals surface area contributed by atoms with Crippen LogP contribution in [0.2, 0.25) is 0 Å². The lowest BCUT2D eigenvalue weighted by molar-refractivity contribution is -0.141. The van der Waals surface area contributed by atoms with Gasteiger partial charge < -0.3 is 10.0 Å². The van der Waals surface area contributed by atoms with Crippen LogP contribution in [0.3, 0.4) is 0 Å². The molecule has 0 unspecified atom stereocenters. The number of carboxylic acid groups (broad SMARTS) is 1. The average molecular weight is 485 g/mol. The SMILES string of the molecule is O=C(O)[C@H]1CN(c2cnc3cncnc3n2)CCN1S(=O)(=O)c1ccc(Br)s1. The number of carboxylic acids is 1. The van der Waals surface area contributed by atoms with Crippen LogP contribution in [-0.4, -0.2) is 69.4 Å². The number of aromatic nitrogens is 4. The van der Waals surface area contributed by atoms with Crippen molar-refractivity contribution in [1.82, 2.24) is 24.2 Å². The van der Waals surface area contributed by atoms with Crippen molar-refractivity contribution >= 4 is 60.2 Å². The molecular weight excluding hydrogens is 472 g/mol. The molecule has 4 rings (SSSR count). The van der Waals surface area contributed by atoms with Gasteiger partial charge in [0.05, 0.1) is 16.2 Å². The number of halogens is 1. The Hall–Kier alpha value is -2.22. The molecule has 3 aromatic heterocycles. The number of nitrogens with zero attached hydrogens (tertiary/aromatic N) is 6. The summed E-state index contributed by atoms with van der Waals surface area (Å²) < 4.78 is 27.6. The standard InChI is InChI=1S/C15H13BrN6O4S2/c16-11-1-2-13(27-11)28(25,26)22-4-3-21(7-10(22)15(23)24)12-6-18-9-5-17-8-19-14(9)20-12/h1-2,5-6,8,10H,3-4,7H2,(H,23,24)/t10-/m1/s1. The molecule has 0 radical (unpaired) electrons. The Balaban J connectivity index is 1.63. The number of carbonyl (C=O) groups is 1. The van der Waals surface area contributed by atoms with Gasteiger partial charge in [0, 0.05) is 19.6 Å². The van der Waals surface area contributed by atoms with E-state index < -0.39 is 22.0 Å². The van der Waals surface area contributed by atoms with E-state index in [4.69, 9.17) is 0 Å². The molecule has 0 saturated carbocycles. The van der Waals surface area contributed by atoms with Crippen molar-refractivity contribution < 1.29 is 18.3 Å². The molecule has 4 heterocycles. The zero-order chi connectivity index (χ0) is 19.9. The summed E-state index contributed by atoms with van der Waals surface area (Å²) in [5, 5.41) is 9.67. The van der Waals surface area contributed by atoms with Crippen LogP contribution in [0.1, 0.15) is 0 Å². The number of fused-ring (bicyclic) bond motifs is 1. The van der Waals surface area contributed by atoms with Gasteiger partial charge in [-0.05, 0) is 28.1 Å². The normalized spacial score (nSPS) is 18.5. The van der Waals surface area contributed by atoms with E-state index in [0.29, 0.717) is 20.8 Å². The number of aliphatic carboxylic acids is 1. The fraction of sp³-hybridized carbons (Fsp3) is 0.267. The fourth-order valence-electron chi connectivity index (χ4n) is 2.93. The Morgan fingerprint density at radius 2 is 2.07 bits per heavy atom. The molecule has 1 N–H and O–H groups in total. The molecule has 0 aromatic carbocycles. The number of thiophene rings is 1. The van der Waals surface area contributed by atoms with Crippen LogP contribution < -0.4 is 4.90 Å². The predicted octanol–water partition coefficient (Wildman–Crippen LogP) is 1.21. The summed E-state index contributed by atoms with van der Waals surface area (Å²) in [7, 11) is -3.92. The Bertz CT molecular complexity index is 1150. The third kappa shape index (κ3) is 3.45. The van der Waals surface area contributed by atoms with Crippen LogP contribution in [0.15, 0.2) is 38.8 Å². The molecule has 3 aromatic rings. The zero-order valence-corrected chi connectivity index (χ0v) is 17.4. The highest BCUT2D eigenvalue weighted by atomic mass is 79.9. The first-order valence-electron chi connectivity index (χ1n) is 8.04. The van der Waals surface area contributed by atoms with Gasteiger partial charge in [0.2, 0.25) is 0 Å². The second-order valence-corrected chi connectivity index (χ2v) is 10.5. The molecule has 1 fully saturated rings. The van der Waals surface area contributed by atoms with Gasteiger partial charge in [-0.2, -0.15) is 4.31 Å². The number of sulfonamides is 1. The second-order valence-electron chi connectivity index (χ2n) is 5.93. The van der Waals surface area contributed by atoms with Crippen molar-refractivity contribution in [2.24, 2.45) is 0 Å². The van der Waals surface area contributed by atoms with Crippen molar-refractivity contribution in [3.63, 3.8) is 0 Å². The first-order chi connectivity index (χ1) is 13.4. The number of rotatable bonds is 4. The van der Waals surface area contributed by atoms with Gasteiger partial charge >= 0.3 is 5.97 Å². The quantitative estimate of drug-likeness (QED) is 0.580. The van der Waals surface area contributed by atoms with E-state index in [-0.39, 0.29) is 23.8 Å². The lowest BCUT2D eigenvalue weighted by Crippen LogP contribution is -2.58. The van der Waals surface area contributed by atoms with Crippen LogP contribution >= 0.6 is 27.3 Å². The van der Waals surface area contributed by atoms with E-state index in [1.54, 1.807) is 11.0 Å². The third-order valence-corrected chi connectivity index (χ3v) is 8.26. The Kier molecular flexibility index (Phi) is 4.99. The number of anilines is 1. The van der Waals surface area contributed by atoms with Gasteiger partial charge in [-0.25, -0.2) is 28.4 Å². The summed E-state index contributed by atoms with van der Waals surface area (Å²) in [6.45, 7) is 0.242. The van der Waals surface area contributed by atoms with Crippen molar-refractivity contribution in [2.75, 3.05) is 24.5 Å². The molecule has 13 heteroatoms. The van der Waals surface area contributed by atoms with Crippen LogP contribution in [0, 0.1) is 0 Å². The molecule has 0 bridgehead atoms. The molecule has 146 valence electrons. The minimum absolute atomic E-state index is 0.0122. The fourth-order valence-corrected chi connectivity index (χ4v) is 6.63. The maximum atomic E-state index is 12.9. The molecule has 1 aliphatic heterocycles. The van der Waals surface area contributed by atoms with Gasteiger partial charge in [-0.1, -0.05) is 0 Å². The number of piperazine rings is 1. The first-order valence-corrected chi connectivity index (χ1v) is 11.1. The van der Waals surface area contributed by atoms with Crippen molar-refractivity contribution in [1.29, 1.82) is 0 Å². The van der Waals surface area contributed by atoms with Gasteiger partial charge in [-0.15, -0.1) is 11.3 Å². The van der Waals surface area contributed by atoms with E-state index in [1.807, 2.05) is 0 Å². The maximum Gasteiger partial charge on any atom is 0.323 e. The number of hydrogen-bond acceptors (Lipinski definition) is 9. The van der Waals surface area contributed by atoms with E-state index in [9.17, 15) is 18.3 Å². The second kappa shape index (κ2) is 7.31. The first kappa shape index (κ1) is 19.1. The molecular formula is C15H13BrN6O4S2. The van der Waals surface area contributed by atoms with E-state index in [2.05, 4.69) is 35.9 Å². The van der Waals surface area contributed by atoms with Crippen molar-refractivity contribution in [3.05, 3.63) is 34.6 Å². The van der Waals surface area contributed by atoms with Crippen LogP contribution in [-0.2, 0) is 14.8 Å². The smallest absolute Gasteiger partial charge is 0.323 e. The van der Waals surface area contributed by atoms with Crippen molar-refractivity contribution in [3.8, 4) is 0 Å². The average Bonchev–Trinajstić information content (AvgIpc) is 3.14. The summed E-state index contributed by atoms with van der Waals surface area (Å²) in [6.07, 6.45) is 4.39. The third-order valence-electron chi connectivity index (χ3n) is 4.26. The lowest BCUT2D eigenvalue weighted by Gasteiger charge is -2.38. The summed E-state index contributed by atoms with van der Waals surface area (Å²) in [4.78, 5) is 30.1. The maximum absolute atomic E-state index is 12.9. The highest BCUT2D eigenvalue weighted by molar-refractivity contribution is 9.11. The van der Waals surface area contributed by atoms with Crippen LogP contribution in [0.5, 0.6) is 0 Å². The minimum atomic E-state index is -3.92. The molecule has 0 amide bonds. The highest BCUT2D eigenvalue weighted by Gasteiger charge is 2.41. The summed E-state index contributed by atoms with van der Waals surface area (Å²) in [6, 6.07) is 1.84. The van der Waals surface area contributed by atoms with Gasteiger partial charge in [0.1, 0.15) is 27.9 Å². The van der Waals surface area contributed by atoms with Gasteiger partial charge in [0.25, 0.3) is 10.0 Å². The van der Waals surface area contributed by atoms with Gasteiger partial charge in [0.15, 0.2) is 5.65 Å². The van der Waals surface area contributed by atoms with Crippen molar-refractivity contribution in [2.45, 2.75) is 10.3 Å². The molecule has 1 saturated heterocycles. The Labute approximate surface area is 172 Å². The van der Waals surface area contributed by atoms with Gasteiger partial charge in [-0.3, -0.25) is 4.79 Å². The number of hydrogen-bond donors (Lipinski definition) is 1. The molecule has 0 aliphatic carbocycles. The van der Waals surface area contributed by atoms with Crippen LogP contribution in [0.25, 0.3) is 11.2 Å². The summed E-state index contributed by atoms with van der Waals surface area (Å²) in [5.41, 5.74) is 0.906. The monoisotopic (exact) mass is 484 g/mol. The van der Waals surface area contributed by atoms with Crippen LogP contribution in [0.4, 0.5) is 5.82 Å². The Morgan fingerprint density at radius 1 is 1.25 bits per heavy atom. The summed E-state index contributed by atoms with van der Waals surface area (Å²) >= 11 is 4.28. The predicted molar refractivity (Wildman–Crippen MR) is 105 cm³/mol. The Morgan fingerprint density at radius 3 is 2.79 bits per heavy atom. The molecule has 1 aliphatic rings. The molecule has 0 spiro atoms. The van der Waals surface area contributed by atoms with E-state index in [1.165, 1.54) is 24.8 Å². The molecule has 10 nitrogen and oxygen atoms in total. The highest BCUT2D eigenvalue weighted by Crippen LogP contribution is 2.31. The lowest BCUT2D eigenvalue weighted by atomic mass is 10.2. The molecule has 28 heavy (non-hydrogen) atoms.